The molecule has 0 radical (unpaired) electrons. The molecule has 0 spiro atoms. The van der Waals surface area contributed by atoms with E-state index in [0.29, 0.717) is 24.5 Å². The summed E-state index contributed by atoms with van der Waals surface area (Å²) in [5.41, 5.74) is -0.179. The van der Waals surface area contributed by atoms with Crippen LogP contribution < -0.4 is 0 Å². The van der Waals surface area contributed by atoms with Crippen molar-refractivity contribution in [2.75, 3.05) is 0 Å². The van der Waals surface area contributed by atoms with Crippen molar-refractivity contribution in [1.29, 1.82) is 0 Å². The molecule has 19 heavy (non-hydrogen) atoms. The normalized spacial score (nSPS) is 10.7. The van der Waals surface area contributed by atoms with E-state index in [-0.39, 0.29) is 11.3 Å². The molecule has 0 aliphatic carbocycles. The zero-order chi connectivity index (χ0) is 14.0. The molecule has 1 aromatic carbocycles. The molecule has 1 heterocycles. The average Bonchev–Trinajstić information content (AvgIpc) is 2.81. The van der Waals surface area contributed by atoms with Gasteiger partial charge in [-0.3, -0.25) is 0 Å². The Bertz CT molecular complexity index is 622. The predicted octanol–water partition coefficient (Wildman–Crippen LogP) is 2.23. The van der Waals surface area contributed by atoms with E-state index in [2.05, 4.69) is 10.1 Å². The van der Waals surface area contributed by atoms with Gasteiger partial charge in [-0.2, -0.15) is 5.10 Å². The SMILES string of the molecule is CCc1nc(CC)n(-c2cccc(F)c2C(=O)O)n1. The van der Waals surface area contributed by atoms with Gasteiger partial charge in [-0.25, -0.2) is 18.9 Å². The number of halogens is 1. The lowest BCUT2D eigenvalue weighted by molar-refractivity contribution is 0.0691. The molecule has 100 valence electrons. The summed E-state index contributed by atoms with van der Waals surface area (Å²) >= 11 is 0. The summed E-state index contributed by atoms with van der Waals surface area (Å²) in [6, 6.07) is 4.11. The number of hydrogen-bond acceptors (Lipinski definition) is 3. The number of rotatable bonds is 4. The van der Waals surface area contributed by atoms with Crippen molar-refractivity contribution in [2.45, 2.75) is 26.7 Å². The zero-order valence-electron chi connectivity index (χ0n) is 10.7. The fourth-order valence-corrected chi connectivity index (χ4v) is 1.86. The van der Waals surface area contributed by atoms with Crippen molar-refractivity contribution in [2.24, 2.45) is 0 Å². The molecule has 0 saturated carbocycles. The van der Waals surface area contributed by atoms with Gasteiger partial charge in [0.15, 0.2) is 5.82 Å². The summed E-state index contributed by atoms with van der Waals surface area (Å²) in [5.74, 6) is -0.869. The molecule has 0 aliphatic heterocycles. The molecule has 0 aliphatic rings. The Labute approximate surface area is 109 Å². The Balaban J connectivity index is 2.68. The van der Waals surface area contributed by atoms with Crippen LogP contribution in [0.4, 0.5) is 4.39 Å². The van der Waals surface area contributed by atoms with Crippen LogP contribution in [0.3, 0.4) is 0 Å². The first kappa shape index (κ1) is 13.2. The topological polar surface area (TPSA) is 68.0 Å². The molecular formula is C13H14FN3O2. The highest BCUT2D eigenvalue weighted by Gasteiger charge is 2.20. The van der Waals surface area contributed by atoms with Crippen LogP contribution in [0.15, 0.2) is 18.2 Å². The van der Waals surface area contributed by atoms with Crippen LogP contribution >= 0.6 is 0 Å². The minimum Gasteiger partial charge on any atom is -0.478 e. The Morgan fingerprint density at radius 3 is 2.68 bits per heavy atom. The molecule has 2 rings (SSSR count). The first-order valence-electron chi connectivity index (χ1n) is 6.05. The van der Waals surface area contributed by atoms with Gasteiger partial charge in [-0.1, -0.05) is 19.9 Å². The number of aromatic nitrogens is 3. The monoisotopic (exact) mass is 263 g/mol. The molecule has 1 aromatic heterocycles. The lowest BCUT2D eigenvalue weighted by atomic mass is 10.1. The number of carbonyl (C=O) groups is 1. The Morgan fingerprint density at radius 2 is 2.11 bits per heavy atom. The quantitative estimate of drug-likeness (QED) is 0.918. The molecule has 0 amide bonds. The number of carboxylic acid groups (broad SMARTS) is 1. The number of nitrogens with zero attached hydrogens (tertiary/aromatic N) is 3. The number of aromatic carboxylic acids is 1. The van der Waals surface area contributed by atoms with Crippen molar-refractivity contribution in [3.63, 3.8) is 0 Å². The minimum absolute atomic E-state index is 0.205. The van der Waals surface area contributed by atoms with Crippen molar-refractivity contribution in [3.8, 4) is 5.69 Å². The summed E-state index contributed by atoms with van der Waals surface area (Å²) in [7, 11) is 0. The molecule has 0 unspecified atom stereocenters. The summed E-state index contributed by atoms with van der Waals surface area (Å²) in [6.07, 6.45) is 1.22. The van der Waals surface area contributed by atoms with Gasteiger partial charge in [0.2, 0.25) is 0 Å². The highest BCUT2D eigenvalue weighted by molar-refractivity contribution is 5.92. The lowest BCUT2D eigenvalue weighted by Gasteiger charge is -2.08. The van der Waals surface area contributed by atoms with Crippen molar-refractivity contribution in [3.05, 3.63) is 41.2 Å². The molecule has 0 fully saturated rings. The van der Waals surface area contributed by atoms with Gasteiger partial charge in [0.1, 0.15) is 17.2 Å². The predicted molar refractivity (Wildman–Crippen MR) is 67.0 cm³/mol. The van der Waals surface area contributed by atoms with E-state index >= 15 is 0 Å². The summed E-state index contributed by atoms with van der Waals surface area (Å²) in [4.78, 5) is 15.5. The van der Waals surface area contributed by atoms with Crippen molar-refractivity contribution in [1.82, 2.24) is 14.8 Å². The molecule has 0 saturated heterocycles. The summed E-state index contributed by atoms with van der Waals surface area (Å²) < 4.78 is 15.1. The standard InChI is InChI=1S/C13H14FN3O2/c1-3-10-15-11(4-2)17(16-10)9-7-5-6-8(14)12(9)13(18)19/h5-7H,3-4H2,1-2H3,(H,18,19). The third-order valence-electron chi connectivity index (χ3n) is 2.78. The van der Waals surface area contributed by atoms with Crippen LogP contribution in [0.1, 0.15) is 35.9 Å². The van der Waals surface area contributed by atoms with Crippen LogP contribution in [-0.4, -0.2) is 25.8 Å². The highest BCUT2D eigenvalue weighted by atomic mass is 19.1. The lowest BCUT2D eigenvalue weighted by Crippen LogP contribution is -2.11. The van der Waals surface area contributed by atoms with Gasteiger partial charge in [-0.05, 0) is 12.1 Å². The van der Waals surface area contributed by atoms with E-state index in [4.69, 9.17) is 5.11 Å². The smallest absolute Gasteiger partial charge is 0.340 e. The molecular weight excluding hydrogens is 249 g/mol. The van der Waals surface area contributed by atoms with Crippen LogP contribution in [0, 0.1) is 5.82 Å². The van der Waals surface area contributed by atoms with Gasteiger partial charge >= 0.3 is 5.97 Å². The number of hydrogen-bond donors (Lipinski definition) is 1. The minimum atomic E-state index is -1.32. The van der Waals surface area contributed by atoms with Crippen LogP contribution in [0.2, 0.25) is 0 Å². The van der Waals surface area contributed by atoms with Crippen molar-refractivity contribution < 1.29 is 14.3 Å². The molecule has 0 bridgehead atoms. The van der Waals surface area contributed by atoms with E-state index in [1.54, 1.807) is 0 Å². The van der Waals surface area contributed by atoms with Crippen molar-refractivity contribution >= 4 is 5.97 Å². The van der Waals surface area contributed by atoms with Crippen LogP contribution in [0.5, 0.6) is 0 Å². The van der Waals surface area contributed by atoms with Gasteiger partial charge < -0.3 is 5.11 Å². The maximum Gasteiger partial charge on any atom is 0.340 e. The van der Waals surface area contributed by atoms with Gasteiger partial charge in [0, 0.05) is 12.8 Å². The highest BCUT2D eigenvalue weighted by Crippen LogP contribution is 2.19. The van der Waals surface area contributed by atoms with Gasteiger partial charge in [-0.15, -0.1) is 0 Å². The maximum absolute atomic E-state index is 13.7. The largest absolute Gasteiger partial charge is 0.478 e. The first-order chi connectivity index (χ1) is 9.08. The van der Waals surface area contributed by atoms with E-state index in [1.807, 2.05) is 13.8 Å². The second-order valence-electron chi connectivity index (χ2n) is 4.00. The average molecular weight is 263 g/mol. The van der Waals surface area contributed by atoms with Gasteiger partial charge in [0.05, 0.1) is 5.69 Å². The fraction of sp³-hybridized carbons (Fsp3) is 0.308. The summed E-state index contributed by atoms with van der Waals surface area (Å²) in [5, 5.41) is 13.4. The number of carboxylic acids is 1. The zero-order valence-corrected chi connectivity index (χ0v) is 10.7. The van der Waals surface area contributed by atoms with E-state index in [0.717, 1.165) is 6.07 Å². The Kier molecular flexibility index (Phi) is 3.59. The third kappa shape index (κ3) is 2.33. The molecule has 0 atom stereocenters. The molecule has 5 nitrogen and oxygen atoms in total. The Morgan fingerprint density at radius 1 is 1.37 bits per heavy atom. The first-order valence-corrected chi connectivity index (χ1v) is 6.05. The molecule has 6 heteroatoms. The maximum atomic E-state index is 13.7. The van der Waals surface area contributed by atoms with E-state index < -0.39 is 11.8 Å². The summed E-state index contributed by atoms with van der Waals surface area (Å²) in [6.45, 7) is 3.79. The molecule has 1 N–H and O–H groups in total. The number of aryl methyl sites for hydroxylation is 2. The third-order valence-corrected chi connectivity index (χ3v) is 2.78. The second-order valence-corrected chi connectivity index (χ2v) is 4.00. The second kappa shape index (κ2) is 5.17. The molecule has 2 aromatic rings. The van der Waals surface area contributed by atoms with E-state index in [9.17, 15) is 9.18 Å². The Hall–Kier alpha value is -2.24. The van der Waals surface area contributed by atoms with E-state index in [1.165, 1.54) is 16.8 Å². The fourth-order valence-electron chi connectivity index (χ4n) is 1.86. The van der Waals surface area contributed by atoms with Gasteiger partial charge in [0.25, 0.3) is 0 Å². The van der Waals surface area contributed by atoms with Crippen LogP contribution in [-0.2, 0) is 12.8 Å². The number of benzene rings is 1. The van der Waals surface area contributed by atoms with Crippen LogP contribution in [0.25, 0.3) is 5.69 Å².